The van der Waals surface area contributed by atoms with Gasteiger partial charge in [0, 0.05) is 24.7 Å². The van der Waals surface area contributed by atoms with Crippen LogP contribution >= 0.6 is 0 Å². The Hall–Kier alpha value is -2.14. The van der Waals surface area contributed by atoms with Crippen LogP contribution < -0.4 is 11.1 Å². The van der Waals surface area contributed by atoms with E-state index in [-0.39, 0.29) is 18.1 Å². The lowest BCUT2D eigenvalue weighted by Crippen LogP contribution is -2.33. The minimum Gasteiger partial charge on any atom is -0.383 e. The number of carbonyl (C=O) groups is 1. The fourth-order valence-corrected chi connectivity index (χ4v) is 2.94. The van der Waals surface area contributed by atoms with Gasteiger partial charge in [0.25, 0.3) is 5.91 Å². The molecule has 2 aromatic rings. The first-order valence-electron chi connectivity index (χ1n) is 7.16. The summed E-state index contributed by atoms with van der Waals surface area (Å²) in [6, 6.07) is 7.73. The van der Waals surface area contributed by atoms with Crippen LogP contribution in [-0.4, -0.2) is 30.1 Å². The normalized spacial score (nSPS) is 21.6. The third kappa shape index (κ3) is 2.69. The van der Waals surface area contributed by atoms with Gasteiger partial charge < -0.3 is 15.8 Å². The summed E-state index contributed by atoms with van der Waals surface area (Å²) in [5.41, 5.74) is 6.44. The molecule has 2 unspecified atom stereocenters. The molecule has 110 valence electrons. The molecule has 3 N–H and O–H groups in total. The summed E-state index contributed by atoms with van der Waals surface area (Å²) in [5.74, 6) is 0.350. The van der Waals surface area contributed by atoms with Crippen molar-refractivity contribution in [2.45, 2.75) is 31.4 Å². The summed E-state index contributed by atoms with van der Waals surface area (Å²) in [5, 5.41) is 4.72. The summed E-state index contributed by atoms with van der Waals surface area (Å²) in [6.07, 6.45) is 4.60. The van der Waals surface area contributed by atoms with Crippen molar-refractivity contribution in [3.8, 4) is 0 Å². The zero-order chi connectivity index (χ0) is 14.8. The number of hydrogen-bond donors (Lipinski definition) is 2. The number of ether oxygens (including phenoxy) is 1. The van der Waals surface area contributed by atoms with Crippen LogP contribution in [0.25, 0.3) is 10.8 Å². The SMILES string of the molecule is COC1CCC(NC(=O)c2cnc(N)c3ccccc23)C1. The third-order valence-corrected chi connectivity index (χ3v) is 4.12. The molecule has 1 aromatic carbocycles. The molecule has 0 aliphatic heterocycles. The van der Waals surface area contributed by atoms with Gasteiger partial charge in [0.05, 0.1) is 11.7 Å². The molecule has 2 atom stereocenters. The maximum Gasteiger partial charge on any atom is 0.253 e. The molecule has 5 nitrogen and oxygen atoms in total. The van der Waals surface area contributed by atoms with Gasteiger partial charge >= 0.3 is 0 Å². The second-order valence-corrected chi connectivity index (χ2v) is 5.44. The number of amides is 1. The lowest BCUT2D eigenvalue weighted by molar-refractivity contribution is 0.0916. The summed E-state index contributed by atoms with van der Waals surface area (Å²) < 4.78 is 5.33. The number of nitrogens with two attached hydrogens (primary N) is 1. The van der Waals surface area contributed by atoms with E-state index in [0.717, 1.165) is 30.0 Å². The molecule has 21 heavy (non-hydrogen) atoms. The maximum atomic E-state index is 12.5. The van der Waals surface area contributed by atoms with Gasteiger partial charge in [0.1, 0.15) is 5.82 Å². The molecule has 1 heterocycles. The van der Waals surface area contributed by atoms with Crippen LogP contribution in [0, 0.1) is 0 Å². The Bertz CT molecular complexity index is 672. The van der Waals surface area contributed by atoms with E-state index in [4.69, 9.17) is 10.5 Å². The molecule has 0 spiro atoms. The highest BCUT2D eigenvalue weighted by Gasteiger charge is 2.26. The topological polar surface area (TPSA) is 77.2 Å². The van der Waals surface area contributed by atoms with Crippen molar-refractivity contribution in [1.82, 2.24) is 10.3 Å². The van der Waals surface area contributed by atoms with Crippen LogP contribution in [0.3, 0.4) is 0 Å². The number of rotatable bonds is 3. The number of pyridine rings is 1. The predicted octanol–water partition coefficient (Wildman–Crippen LogP) is 2.11. The number of nitrogens with zero attached hydrogens (tertiary/aromatic N) is 1. The van der Waals surface area contributed by atoms with Gasteiger partial charge in [-0.1, -0.05) is 24.3 Å². The van der Waals surface area contributed by atoms with Gasteiger partial charge in [-0.25, -0.2) is 4.98 Å². The van der Waals surface area contributed by atoms with Gasteiger partial charge in [-0.3, -0.25) is 4.79 Å². The van der Waals surface area contributed by atoms with Gasteiger partial charge in [-0.2, -0.15) is 0 Å². The molecule has 0 saturated heterocycles. The Morgan fingerprint density at radius 1 is 1.33 bits per heavy atom. The number of nitrogens with one attached hydrogen (secondary N) is 1. The highest BCUT2D eigenvalue weighted by atomic mass is 16.5. The molecular formula is C16H19N3O2. The van der Waals surface area contributed by atoms with Crippen molar-refractivity contribution in [2.75, 3.05) is 12.8 Å². The van der Waals surface area contributed by atoms with Gasteiger partial charge in [-0.05, 0) is 24.6 Å². The molecule has 1 fully saturated rings. The quantitative estimate of drug-likeness (QED) is 0.905. The standard InChI is InChI=1S/C16H19N3O2/c1-21-11-7-6-10(8-11)19-16(20)14-9-18-15(17)13-5-3-2-4-12(13)14/h2-5,9-11H,6-8H2,1H3,(H2,17,18)(H,19,20). The van der Waals surface area contributed by atoms with E-state index in [2.05, 4.69) is 10.3 Å². The Kier molecular flexibility index (Phi) is 3.75. The Balaban J connectivity index is 1.84. The zero-order valence-corrected chi connectivity index (χ0v) is 12.0. The van der Waals surface area contributed by atoms with Crippen molar-refractivity contribution in [3.63, 3.8) is 0 Å². The van der Waals surface area contributed by atoms with E-state index in [1.807, 2.05) is 24.3 Å². The second kappa shape index (κ2) is 5.69. The average Bonchev–Trinajstić information content (AvgIpc) is 2.95. The van der Waals surface area contributed by atoms with E-state index < -0.39 is 0 Å². The molecular weight excluding hydrogens is 266 g/mol. The first-order chi connectivity index (χ1) is 10.2. The molecule has 1 amide bonds. The van der Waals surface area contributed by atoms with Crippen LogP contribution in [0.1, 0.15) is 29.6 Å². The first-order valence-corrected chi connectivity index (χ1v) is 7.16. The van der Waals surface area contributed by atoms with Crippen LogP contribution in [0.4, 0.5) is 5.82 Å². The molecule has 1 aliphatic rings. The summed E-state index contributed by atoms with van der Waals surface area (Å²) in [7, 11) is 1.71. The fourth-order valence-electron chi connectivity index (χ4n) is 2.94. The molecule has 1 aliphatic carbocycles. The van der Waals surface area contributed by atoms with E-state index in [1.165, 1.54) is 0 Å². The Labute approximate surface area is 123 Å². The van der Waals surface area contributed by atoms with E-state index >= 15 is 0 Å². The van der Waals surface area contributed by atoms with Gasteiger partial charge in [0.15, 0.2) is 0 Å². The van der Waals surface area contributed by atoms with E-state index in [9.17, 15) is 4.79 Å². The number of aromatic nitrogens is 1. The third-order valence-electron chi connectivity index (χ3n) is 4.12. The highest BCUT2D eigenvalue weighted by Crippen LogP contribution is 2.24. The van der Waals surface area contributed by atoms with E-state index in [0.29, 0.717) is 11.4 Å². The Morgan fingerprint density at radius 2 is 2.10 bits per heavy atom. The second-order valence-electron chi connectivity index (χ2n) is 5.44. The minimum absolute atomic E-state index is 0.0968. The van der Waals surface area contributed by atoms with Crippen molar-refractivity contribution in [2.24, 2.45) is 0 Å². The fraction of sp³-hybridized carbons (Fsp3) is 0.375. The number of hydrogen-bond acceptors (Lipinski definition) is 4. The minimum atomic E-state index is -0.0968. The maximum absolute atomic E-state index is 12.5. The van der Waals surface area contributed by atoms with Gasteiger partial charge in [0.2, 0.25) is 0 Å². The molecule has 0 radical (unpaired) electrons. The highest BCUT2D eigenvalue weighted by molar-refractivity contribution is 6.09. The van der Waals surface area contributed by atoms with Crippen LogP contribution in [0.15, 0.2) is 30.5 Å². The van der Waals surface area contributed by atoms with Gasteiger partial charge in [-0.15, -0.1) is 0 Å². The Morgan fingerprint density at radius 3 is 2.81 bits per heavy atom. The summed E-state index contributed by atoms with van der Waals surface area (Å²) >= 11 is 0. The average molecular weight is 285 g/mol. The van der Waals surface area contributed by atoms with Crippen molar-refractivity contribution < 1.29 is 9.53 Å². The van der Waals surface area contributed by atoms with Crippen LogP contribution in [-0.2, 0) is 4.74 Å². The molecule has 5 heteroatoms. The number of nitrogen functional groups attached to an aromatic ring is 1. The number of fused-ring (bicyclic) bond motifs is 1. The molecule has 1 aromatic heterocycles. The number of benzene rings is 1. The molecule has 3 rings (SSSR count). The molecule has 0 bridgehead atoms. The van der Waals surface area contributed by atoms with Crippen molar-refractivity contribution >= 4 is 22.5 Å². The predicted molar refractivity (Wildman–Crippen MR) is 82.1 cm³/mol. The van der Waals surface area contributed by atoms with Crippen LogP contribution in [0.2, 0.25) is 0 Å². The lowest BCUT2D eigenvalue weighted by atomic mass is 10.1. The van der Waals surface area contributed by atoms with Crippen molar-refractivity contribution in [1.29, 1.82) is 0 Å². The zero-order valence-electron chi connectivity index (χ0n) is 12.0. The van der Waals surface area contributed by atoms with Crippen LogP contribution in [0.5, 0.6) is 0 Å². The summed E-state index contributed by atoms with van der Waals surface area (Å²) in [6.45, 7) is 0. The smallest absolute Gasteiger partial charge is 0.253 e. The number of methoxy groups -OCH3 is 1. The first kappa shape index (κ1) is 13.8. The van der Waals surface area contributed by atoms with E-state index in [1.54, 1.807) is 13.3 Å². The summed E-state index contributed by atoms with van der Waals surface area (Å²) in [4.78, 5) is 16.6. The number of carbonyl (C=O) groups excluding carboxylic acids is 1. The monoisotopic (exact) mass is 285 g/mol. The van der Waals surface area contributed by atoms with Crippen molar-refractivity contribution in [3.05, 3.63) is 36.0 Å². The number of anilines is 1. The largest absolute Gasteiger partial charge is 0.383 e. The molecule has 1 saturated carbocycles. The lowest BCUT2D eigenvalue weighted by Gasteiger charge is -2.14.